The first kappa shape index (κ1) is 35.6. The van der Waals surface area contributed by atoms with Gasteiger partial charge in [0.25, 0.3) is 0 Å². The maximum atomic E-state index is 13.2. The van der Waals surface area contributed by atoms with Gasteiger partial charge in [-0.1, -0.05) is 39.5 Å². The van der Waals surface area contributed by atoms with Crippen molar-refractivity contribution < 1.29 is 57.5 Å². The third kappa shape index (κ3) is 6.88. The number of rotatable bonds is 10. The lowest BCUT2D eigenvalue weighted by atomic mass is 9.54. The second-order valence-corrected chi connectivity index (χ2v) is 13.4. The molecule has 0 unspecified atom stereocenters. The highest BCUT2D eigenvalue weighted by Gasteiger charge is 2.75. The van der Waals surface area contributed by atoms with Crippen LogP contribution in [0.3, 0.4) is 0 Å². The first-order chi connectivity index (χ1) is 21.6. The Morgan fingerprint density at radius 1 is 0.913 bits per heavy atom. The van der Waals surface area contributed by atoms with Crippen LogP contribution >= 0.6 is 0 Å². The average molecular weight is 649 g/mol. The zero-order valence-electron chi connectivity index (χ0n) is 28.1. The molecule has 2 aliphatic carbocycles. The molecule has 12 nitrogen and oxygen atoms in total. The van der Waals surface area contributed by atoms with Crippen LogP contribution in [-0.4, -0.2) is 83.3 Å². The molecule has 0 spiro atoms. The molecular formula is C34H48O12. The lowest BCUT2D eigenvalue weighted by Crippen LogP contribution is -2.66. The van der Waals surface area contributed by atoms with Gasteiger partial charge in [-0.3, -0.25) is 19.2 Å². The minimum atomic E-state index is -1.67. The van der Waals surface area contributed by atoms with E-state index in [1.54, 1.807) is 26.8 Å². The standard InChI is InChI=1S/C34H48O12/c1-9-10-11-12-13-14-25(38)45-28-17(2)15-22-26(18(3)32(40)44-22)29(42-20(5)36)30-33(7,31(27(28)39)43-21(6)37)23(41-19(4)35)16-24-34(30,8)46-24/h15,22-24,27-31,39H,9-14,16H2,1-8H3/b17-15-/t22-,23-,24-,27+,28-,29+,30+,31-,33-,34-/m0/s1. The molecule has 46 heavy (non-hydrogen) atoms. The van der Waals surface area contributed by atoms with Crippen LogP contribution in [0.1, 0.15) is 100 Å². The van der Waals surface area contributed by atoms with Crippen molar-refractivity contribution in [2.45, 2.75) is 149 Å². The molecule has 0 amide bonds. The first-order valence-corrected chi connectivity index (χ1v) is 16.2. The van der Waals surface area contributed by atoms with Gasteiger partial charge in [0.05, 0.1) is 17.1 Å². The molecule has 0 aromatic rings. The van der Waals surface area contributed by atoms with Gasteiger partial charge in [0.15, 0.2) is 6.10 Å². The van der Waals surface area contributed by atoms with Crippen molar-refractivity contribution in [1.82, 2.24) is 0 Å². The highest BCUT2D eigenvalue weighted by molar-refractivity contribution is 5.92. The fraction of sp³-hybridized carbons (Fsp3) is 0.735. The Labute approximate surface area is 270 Å². The van der Waals surface area contributed by atoms with E-state index in [2.05, 4.69) is 6.92 Å². The number of unbranched alkanes of at least 4 members (excludes halogenated alkanes) is 4. The lowest BCUT2D eigenvalue weighted by molar-refractivity contribution is -0.223. The van der Waals surface area contributed by atoms with E-state index in [9.17, 15) is 29.1 Å². The summed E-state index contributed by atoms with van der Waals surface area (Å²) in [5.41, 5.74) is -1.65. The number of carbonyl (C=O) groups is 5. The van der Waals surface area contributed by atoms with Crippen molar-refractivity contribution in [3.8, 4) is 0 Å². The predicted molar refractivity (Wildman–Crippen MR) is 162 cm³/mol. The summed E-state index contributed by atoms with van der Waals surface area (Å²) in [6.07, 6.45) is -1.75. The maximum Gasteiger partial charge on any atom is 0.334 e. The van der Waals surface area contributed by atoms with Gasteiger partial charge in [-0.25, -0.2) is 4.79 Å². The minimum Gasteiger partial charge on any atom is -0.462 e. The summed E-state index contributed by atoms with van der Waals surface area (Å²) >= 11 is 0. The number of fused-ring (bicyclic) bond motifs is 4. The quantitative estimate of drug-likeness (QED) is 0.120. The molecule has 0 radical (unpaired) electrons. The summed E-state index contributed by atoms with van der Waals surface area (Å²) in [7, 11) is 0. The van der Waals surface area contributed by atoms with Crippen molar-refractivity contribution in [3.63, 3.8) is 0 Å². The first-order valence-electron chi connectivity index (χ1n) is 16.2. The molecule has 4 rings (SSSR count). The Morgan fingerprint density at radius 3 is 2.15 bits per heavy atom. The van der Waals surface area contributed by atoms with E-state index in [1.165, 1.54) is 20.8 Å². The lowest BCUT2D eigenvalue weighted by Gasteiger charge is -2.54. The highest BCUT2D eigenvalue weighted by Crippen LogP contribution is 2.64. The number of ether oxygens (including phenoxy) is 6. The zero-order valence-corrected chi connectivity index (χ0v) is 28.1. The molecule has 1 N–H and O–H groups in total. The topological polar surface area (TPSA) is 164 Å². The molecule has 1 saturated heterocycles. The number of hydrogen-bond donors (Lipinski definition) is 1. The number of esters is 5. The smallest absolute Gasteiger partial charge is 0.334 e. The Balaban J connectivity index is 1.93. The molecule has 256 valence electrons. The minimum absolute atomic E-state index is 0.110. The summed E-state index contributed by atoms with van der Waals surface area (Å²) in [4.78, 5) is 64.2. The molecule has 2 aliphatic heterocycles. The highest BCUT2D eigenvalue weighted by atomic mass is 16.6. The van der Waals surface area contributed by atoms with E-state index in [-0.39, 0.29) is 18.4 Å². The third-order valence-electron chi connectivity index (χ3n) is 10.0. The molecule has 4 aliphatic rings. The van der Waals surface area contributed by atoms with Gasteiger partial charge in [-0.05, 0) is 38.8 Å². The van der Waals surface area contributed by atoms with Crippen LogP contribution < -0.4 is 0 Å². The number of aliphatic hydroxyl groups excluding tert-OH is 1. The second-order valence-electron chi connectivity index (χ2n) is 13.4. The molecule has 12 heteroatoms. The van der Waals surface area contributed by atoms with Crippen molar-refractivity contribution in [3.05, 3.63) is 22.8 Å². The van der Waals surface area contributed by atoms with Gasteiger partial charge in [0, 0.05) is 50.7 Å². The van der Waals surface area contributed by atoms with Crippen molar-refractivity contribution >= 4 is 29.8 Å². The number of aliphatic hydroxyl groups is 1. The third-order valence-corrected chi connectivity index (χ3v) is 10.0. The van der Waals surface area contributed by atoms with E-state index in [0.717, 1.165) is 25.7 Å². The molecule has 2 heterocycles. The largest absolute Gasteiger partial charge is 0.462 e. The number of epoxide rings is 1. The van der Waals surface area contributed by atoms with Gasteiger partial charge in [0.1, 0.15) is 30.5 Å². The molecule has 0 bridgehead atoms. The molecule has 0 aromatic carbocycles. The fourth-order valence-electron chi connectivity index (χ4n) is 7.79. The SMILES string of the molecule is CCCCCCCC(=O)O[C@H]1/C(C)=C\[C@@H]2OC(=O)C(C)=C2[C@@H](OC(C)=O)[C@H]2[C@@]3(C)O[C@H]3C[C@H](OC(C)=O)[C@]2(C)[C@@H](OC(C)=O)[C@@H]1O. The van der Waals surface area contributed by atoms with Crippen molar-refractivity contribution in [1.29, 1.82) is 0 Å². The molecule has 10 atom stereocenters. The molecule has 1 saturated carbocycles. The van der Waals surface area contributed by atoms with Crippen molar-refractivity contribution in [2.75, 3.05) is 0 Å². The Kier molecular flexibility index (Phi) is 10.7. The van der Waals surface area contributed by atoms with Gasteiger partial charge < -0.3 is 33.5 Å². The number of carbonyl (C=O) groups excluding carboxylic acids is 5. The normalized spacial score (nSPS) is 37.8. The van der Waals surface area contributed by atoms with Gasteiger partial charge in [-0.2, -0.15) is 0 Å². The predicted octanol–water partition coefficient (Wildman–Crippen LogP) is 3.80. The summed E-state index contributed by atoms with van der Waals surface area (Å²) in [6, 6.07) is 0. The van der Waals surface area contributed by atoms with Crippen LogP contribution in [-0.2, 0) is 52.4 Å². The molecule has 0 aromatic heterocycles. The van der Waals surface area contributed by atoms with E-state index in [1.807, 2.05) is 6.92 Å². The van der Waals surface area contributed by atoms with Gasteiger partial charge in [0.2, 0.25) is 0 Å². The Morgan fingerprint density at radius 2 is 1.54 bits per heavy atom. The molecule has 2 fully saturated rings. The van der Waals surface area contributed by atoms with Gasteiger partial charge in [-0.15, -0.1) is 0 Å². The Hall–Kier alpha value is -3.25. The maximum absolute atomic E-state index is 13.2. The summed E-state index contributed by atoms with van der Waals surface area (Å²) < 4.78 is 35.7. The van der Waals surface area contributed by atoms with Crippen LogP contribution in [0.25, 0.3) is 0 Å². The van der Waals surface area contributed by atoms with Crippen LogP contribution in [0.2, 0.25) is 0 Å². The summed E-state index contributed by atoms with van der Waals surface area (Å²) in [5.74, 6) is -4.15. The van der Waals surface area contributed by atoms with E-state index in [0.29, 0.717) is 17.6 Å². The fourth-order valence-corrected chi connectivity index (χ4v) is 7.79. The van der Waals surface area contributed by atoms with Crippen LogP contribution in [0.15, 0.2) is 22.8 Å². The Bertz CT molecular complexity index is 1300. The van der Waals surface area contributed by atoms with Crippen LogP contribution in [0, 0.1) is 11.3 Å². The zero-order chi connectivity index (χ0) is 34.1. The van der Waals surface area contributed by atoms with E-state index < -0.39 is 89.5 Å². The molecular weight excluding hydrogens is 600 g/mol. The van der Waals surface area contributed by atoms with Crippen molar-refractivity contribution in [2.24, 2.45) is 11.3 Å². The summed E-state index contributed by atoms with van der Waals surface area (Å²) in [5, 5.41) is 12.2. The average Bonchev–Trinajstić information content (AvgIpc) is 3.53. The van der Waals surface area contributed by atoms with E-state index >= 15 is 0 Å². The van der Waals surface area contributed by atoms with Crippen LogP contribution in [0.4, 0.5) is 0 Å². The second kappa shape index (κ2) is 13.9. The van der Waals surface area contributed by atoms with Crippen LogP contribution in [0.5, 0.6) is 0 Å². The monoisotopic (exact) mass is 648 g/mol. The van der Waals surface area contributed by atoms with Gasteiger partial charge >= 0.3 is 29.8 Å². The van der Waals surface area contributed by atoms with E-state index in [4.69, 9.17) is 28.4 Å². The number of hydrogen-bond acceptors (Lipinski definition) is 12. The summed E-state index contributed by atoms with van der Waals surface area (Å²) in [6.45, 7) is 12.4.